The van der Waals surface area contributed by atoms with Crippen LogP contribution in [0.4, 0.5) is 15.8 Å². The normalized spacial score (nSPS) is 22.5. The van der Waals surface area contributed by atoms with E-state index in [0.29, 0.717) is 10.9 Å². The fourth-order valence-electron chi connectivity index (χ4n) is 2.69. The summed E-state index contributed by atoms with van der Waals surface area (Å²) in [6.07, 6.45) is 6.47. The van der Waals surface area contributed by atoms with Crippen molar-refractivity contribution in [3.8, 4) is 0 Å². The highest BCUT2D eigenvalue weighted by atomic mass is 32.2. The predicted molar refractivity (Wildman–Crippen MR) is 81.0 cm³/mol. The first kappa shape index (κ1) is 15.0. The van der Waals surface area contributed by atoms with Crippen LogP contribution in [0, 0.1) is 5.82 Å². The molecule has 20 heavy (non-hydrogen) atoms. The average Bonchev–Trinajstić information content (AvgIpc) is 2.43. The van der Waals surface area contributed by atoms with Crippen molar-refractivity contribution in [3.63, 3.8) is 0 Å². The third-order valence-electron chi connectivity index (χ3n) is 3.75. The van der Waals surface area contributed by atoms with E-state index in [9.17, 15) is 14.3 Å². The van der Waals surface area contributed by atoms with Gasteiger partial charge in [-0.2, -0.15) is 11.8 Å². The van der Waals surface area contributed by atoms with Crippen LogP contribution in [0.25, 0.3) is 0 Å². The minimum atomic E-state index is -1.21. The zero-order valence-electron chi connectivity index (χ0n) is 11.4. The van der Waals surface area contributed by atoms with Crippen LogP contribution in [-0.4, -0.2) is 28.6 Å². The standard InChI is InChI=1S/C14H19FN2O2S/c1-20-11-5-3-2-4-9(11)17-10-7-6-8(15)13(16)12(10)14(18)19/h6-7,9,11,17H,2-5,16H2,1H3,(H,18,19). The van der Waals surface area contributed by atoms with Crippen LogP contribution >= 0.6 is 11.8 Å². The summed E-state index contributed by atoms with van der Waals surface area (Å²) in [6, 6.07) is 2.86. The summed E-state index contributed by atoms with van der Waals surface area (Å²) in [5.74, 6) is -1.90. The molecule has 1 aliphatic rings. The maximum Gasteiger partial charge on any atom is 0.340 e. The monoisotopic (exact) mass is 298 g/mol. The molecule has 0 bridgehead atoms. The van der Waals surface area contributed by atoms with Crippen LogP contribution < -0.4 is 11.1 Å². The van der Waals surface area contributed by atoms with Gasteiger partial charge in [-0.05, 0) is 31.2 Å². The zero-order valence-corrected chi connectivity index (χ0v) is 12.2. The number of anilines is 2. The van der Waals surface area contributed by atoms with Gasteiger partial charge in [-0.15, -0.1) is 0 Å². The Morgan fingerprint density at radius 3 is 2.80 bits per heavy atom. The van der Waals surface area contributed by atoms with Gasteiger partial charge in [-0.25, -0.2) is 9.18 Å². The predicted octanol–water partition coefficient (Wildman–Crippen LogP) is 3.19. The number of aromatic carboxylic acids is 1. The van der Waals surface area contributed by atoms with Crippen molar-refractivity contribution >= 4 is 29.1 Å². The van der Waals surface area contributed by atoms with Gasteiger partial charge in [0.25, 0.3) is 0 Å². The largest absolute Gasteiger partial charge is 0.478 e. The lowest BCUT2D eigenvalue weighted by atomic mass is 9.94. The van der Waals surface area contributed by atoms with Crippen molar-refractivity contribution in [3.05, 3.63) is 23.5 Å². The Kier molecular flexibility index (Phi) is 4.75. The third-order valence-corrected chi connectivity index (χ3v) is 4.92. The molecule has 0 saturated heterocycles. The molecule has 0 radical (unpaired) electrons. The van der Waals surface area contributed by atoms with Crippen molar-refractivity contribution in [1.82, 2.24) is 0 Å². The van der Waals surface area contributed by atoms with E-state index < -0.39 is 11.8 Å². The van der Waals surface area contributed by atoms with E-state index in [1.807, 2.05) is 0 Å². The molecule has 1 fully saturated rings. The van der Waals surface area contributed by atoms with Gasteiger partial charge >= 0.3 is 5.97 Å². The molecular formula is C14H19FN2O2S. The number of halogens is 1. The van der Waals surface area contributed by atoms with Gasteiger partial charge in [0.05, 0.1) is 11.4 Å². The lowest BCUT2D eigenvalue weighted by molar-refractivity contribution is 0.0698. The Balaban J connectivity index is 2.28. The highest BCUT2D eigenvalue weighted by Gasteiger charge is 2.26. The van der Waals surface area contributed by atoms with Crippen LogP contribution in [0.15, 0.2) is 12.1 Å². The molecule has 1 aromatic rings. The summed E-state index contributed by atoms with van der Waals surface area (Å²) in [7, 11) is 0. The second kappa shape index (κ2) is 6.35. The quantitative estimate of drug-likeness (QED) is 0.744. The summed E-state index contributed by atoms with van der Waals surface area (Å²) in [4.78, 5) is 11.3. The molecule has 2 unspecified atom stereocenters. The molecule has 6 heteroatoms. The van der Waals surface area contributed by atoms with Crippen LogP contribution in [0.3, 0.4) is 0 Å². The maximum absolute atomic E-state index is 13.4. The van der Waals surface area contributed by atoms with Gasteiger partial charge < -0.3 is 16.2 Å². The van der Waals surface area contributed by atoms with E-state index >= 15 is 0 Å². The number of nitrogens with one attached hydrogen (secondary N) is 1. The third kappa shape index (κ3) is 3.00. The van der Waals surface area contributed by atoms with Crippen molar-refractivity contribution in [1.29, 1.82) is 0 Å². The summed E-state index contributed by atoms with van der Waals surface area (Å²) >= 11 is 1.78. The van der Waals surface area contributed by atoms with Gasteiger partial charge in [0.15, 0.2) is 0 Å². The molecule has 0 heterocycles. The number of carboxylic acids is 1. The molecule has 0 aliphatic heterocycles. The average molecular weight is 298 g/mol. The van der Waals surface area contributed by atoms with Gasteiger partial charge in [0.2, 0.25) is 0 Å². The molecule has 4 N–H and O–H groups in total. The van der Waals surface area contributed by atoms with E-state index in [-0.39, 0.29) is 17.3 Å². The molecule has 2 rings (SSSR count). The van der Waals surface area contributed by atoms with E-state index in [0.717, 1.165) is 19.3 Å². The summed E-state index contributed by atoms with van der Waals surface area (Å²) in [5, 5.41) is 12.9. The Bertz CT molecular complexity index is 510. The lowest BCUT2D eigenvalue weighted by Gasteiger charge is -2.32. The Morgan fingerprint density at radius 2 is 2.15 bits per heavy atom. The SMILES string of the molecule is CSC1CCCCC1Nc1ccc(F)c(N)c1C(=O)O. The number of nitrogens with two attached hydrogens (primary N) is 1. The van der Waals surface area contributed by atoms with Crippen LogP contribution in [0.1, 0.15) is 36.0 Å². The Labute approximate surface area is 121 Å². The fraction of sp³-hybridized carbons (Fsp3) is 0.500. The number of benzene rings is 1. The second-order valence-corrected chi connectivity index (χ2v) is 6.08. The number of hydrogen-bond acceptors (Lipinski definition) is 4. The Hall–Kier alpha value is -1.43. The van der Waals surface area contributed by atoms with Crippen molar-refractivity contribution in [2.24, 2.45) is 0 Å². The summed E-state index contributed by atoms with van der Waals surface area (Å²) < 4.78 is 13.4. The van der Waals surface area contributed by atoms with Crippen molar-refractivity contribution in [2.75, 3.05) is 17.3 Å². The number of nitrogen functional groups attached to an aromatic ring is 1. The number of thioether (sulfide) groups is 1. The van der Waals surface area contributed by atoms with Crippen LogP contribution in [0.5, 0.6) is 0 Å². The molecular weight excluding hydrogens is 279 g/mol. The first-order chi connectivity index (χ1) is 9.54. The topological polar surface area (TPSA) is 75.3 Å². The minimum absolute atomic E-state index is 0.171. The molecule has 1 saturated carbocycles. The van der Waals surface area contributed by atoms with Gasteiger partial charge in [0, 0.05) is 11.3 Å². The summed E-state index contributed by atoms with van der Waals surface area (Å²) in [5.41, 5.74) is 5.48. The molecule has 2 atom stereocenters. The van der Waals surface area contributed by atoms with Crippen molar-refractivity contribution in [2.45, 2.75) is 37.0 Å². The first-order valence-corrected chi connectivity index (χ1v) is 7.94. The minimum Gasteiger partial charge on any atom is -0.478 e. The highest BCUT2D eigenvalue weighted by Crippen LogP contribution is 2.32. The maximum atomic E-state index is 13.4. The summed E-state index contributed by atoms with van der Waals surface area (Å²) in [6.45, 7) is 0. The smallest absolute Gasteiger partial charge is 0.340 e. The van der Waals surface area contributed by atoms with E-state index in [2.05, 4.69) is 11.6 Å². The highest BCUT2D eigenvalue weighted by molar-refractivity contribution is 7.99. The molecule has 110 valence electrons. The van der Waals surface area contributed by atoms with Crippen molar-refractivity contribution < 1.29 is 14.3 Å². The lowest BCUT2D eigenvalue weighted by Crippen LogP contribution is -2.34. The molecule has 1 aromatic carbocycles. The Morgan fingerprint density at radius 1 is 1.45 bits per heavy atom. The molecule has 1 aliphatic carbocycles. The molecule has 0 amide bonds. The first-order valence-electron chi connectivity index (χ1n) is 6.65. The van der Waals surface area contributed by atoms with E-state index in [1.165, 1.54) is 18.6 Å². The second-order valence-electron chi connectivity index (χ2n) is 5.00. The molecule has 0 aromatic heterocycles. The number of hydrogen-bond donors (Lipinski definition) is 3. The number of carboxylic acid groups (broad SMARTS) is 1. The number of rotatable bonds is 4. The molecule has 0 spiro atoms. The molecule has 4 nitrogen and oxygen atoms in total. The van der Waals surface area contributed by atoms with Gasteiger partial charge in [0.1, 0.15) is 11.4 Å². The van der Waals surface area contributed by atoms with Crippen LogP contribution in [0.2, 0.25) is 0 Å². The zero-order chi connectivity index (χ0) is 14.7. The van der Waals surface area contributed by atoms with Gasteiger partial charge in [-0.3, -0.25) is 0 Å². The number of carbonyl (C=O) groups is 1. The van der Waals surface area contributed by atoms with E-state index in [4.69, 9.17) is 5.73 Å². The van der Waals surface area contributed by atoms with Crippen LogP contribution in [-0.2, 0) is 0 Å². The van der Waals surface area contributed by atoms with Gasteiger partial charge in [-0.1, -0.05) is 12.8 Å². The fourth-order valence-corrected chi connectivity index (χ4v) is 3.62. The van der Waals surface area contributed by atoms with E-state index in [1.54, 1.807) is 11.8 Å².